The van der Waals surface area contributed by atoms with Gasteiger partial charge in [0.1, 0.15) is 0 Å². The van der Waals surface area contributed by atoms with E-state index in [-0.39, 0.29) is 12.0 Å². The van der Waals surface area contributed by atoms with E-state index in [9.17, 15) is 5.11 Å². The lowest BCUT2D eigenvalue weighted by atomic mass is 9.78. The molecule has 1 fully saturated rings. The Hall–Kier alpha value is -0.0900. The quantitative estimate of drug-likeness (QED) is 0.876. The molecular formula is C13H17BrClNO. The number of aliphatic hydroxyl groups excluding tert-OH is 1. The van der Waals surface area contributed by atoms with Crippen molar-refractivity contribution in [3.63, 3.8) is 0 Å². The molecule has 0 aliphatic heterocycles. The zero-order valence-corrected chi connectivity index (χ0v) is 12.0. The molecule has 0 aromatic heterocycles. The molecule has 0 amide bonds. The van der Waals surface area contributed by atoms with Crippen LogP contribution in [0.2, 0.25) is 5.02 Å². The largest absolute Gasteiger partial charge is 0.396 e. The number of nitrogens with two attached hydrogens (primary N) is 1. The van der Waals surface area contributed by atoms with E-state index < -0.39 is 0 Å². The maximum atomic E-state index is 9.66. The predicted octanol–water partition coefficient (Wildman–Crippen LogP) is 2.99. The van der Waals surface area contributed by atoms with E-state index in [2.05, 4.69) is 15.9 Å². The van der Waals surface area contributed by atoms with Crippen molar-refractivity contribution in [3.8, 4) is 0 Å². The first kappa shape index (κ1) is 13.3. The molecule has 2 nitrogen and oxygen atoms in total. The summed E-state index contributed by atoms with van der Waals surface area (Å²) < 4.78 is 0.972. The Morgan fingerprint density at radius 1 is 1.47 bits per heavy atom. The van der Waals surface area contributed by atoms with Gasteiger partial charge in [-0.2, -0.15) is 0 Å². The molecule has 0 saturated heterocycles. The Balaban J connectivity index is 2.22. The highest BCUT2D eigenvalue weighted by Gasteiger charge is 2.44. The number of hydrogen-bond donors (Lipinski definition) is 2. The van der Waals surface area contributed by atoms with Crippen molar-refractivity contribution in [2.75, 3.05) is 13.2 Å². The van der Waals surface area contributed by atoms with Crippen LogP contribution in [0.15, 0.2) is 22.7 Å². The van der Waals surface area contributed by atoms with Gasteiger partial charge in [0.2, 0.25) is 0 Å². The Morgan fingerprint density at radius 2 is 2.18 bits per heavy atom. The maximum absolute atomic E-state index is 9.66. The van der Waals surface area contributed by atoms with Crippen LogP contribution in [-0.4, -0.2) is 18.3 Å². The standard InChI is InChI=1S/C13H17BrClNO/c14-11-4-1-9(12(15)5-11)6-13(7-16,8-17)10-2-3-10/h1,4-5,10,17H,2-3,6-8,16H2. The zero-order chi connectivity index (χ0) is 12.5. The minimum atomic E-state index is -0.183. The van der Waals surface area contributed by atoms with Gasteiger partial charge in [-0.3, -0.25) is 0 Å². The summed E-state index contributed by atoms with van der Waals surface area (Å²) in [6.07, 6.45) is 3.11. The third kappa shape index (κ3) is 2.84. The van der Waals surface area contributed by atoms with Gasteiger partial charge >= 0.3 is 0 Å². The van der Waals surface area contributed by atoms with Crippen LogP contribution in [-0.2, 0) is 6.42 Å². The fraction of sp³-hybridized carbons (Fsp3) is 0.538. The van der Waals surface area contributed by atoms with Crippen LogP contribution < -0.4 is 5.73 Å². The molecule has 1 aliphatic carbocycles. The smallest absolute Gasteiger partial charge is 0.0505 e. The van der Waals surface area contributed by atoms with E-state index in [1.165, 1.54) is 12.8 Å². The minimum Gasteiger partial charge on any atom is -0.396 e. The van der Waals surface area contributed by atoms with E-state index in [4.69, 9.17) is 17.3 Å². The van der Waals surface area contributed by atoms with Gasteiger partial charge in [0.25, 0.3) is 0 Å². The van der Waals surface area contributed by atoms with Gasteiger partial charge in [-0.15, -0.1) is 0 Å². The lowest BCUT2D eigenvalue weighted by Gasteiger charge is -2.31. The molecule has 1 aromatic carbocycles. The summed E-state index contributed by atoms with van der Waals surface area (Å²) in [5, 5.41) is 10.4. The molecule has 1 atom stereocenters. The first-order chi connectivity index (χ1) is 8.11. The number of rotatable bonds is 5. The fourth-order valence-corrected chi connectivity index (χ4v) is 3.11. The normalized spacial score (nSPS) is 19.1. The third-order valence-corrected chi connectivity index (χ3v) is 4.57. The van der Waals surface area contributed by atoms with E-state index in [1.807, 2.05) is 18.2 Å². The lowest BCUT2D eigenvalue weighted by molar-refractivity contribution is 0.109. The zero-order valence-electron chi connectivity index (χ0n) is 9.63. The monoisotopic (exact) mass is 317 g/mol. The molecule has 17 heavy (non-hydrogen) atoms. The molecule has 0 bridgehead atoms. The maximum Gasteiger partial charge on any atom is 0.0505 e. The van der Waals surface area contributed by atoms with Crippen LogP contribution in [0, 0.1) is 11.3 Å². The van der Waals surface area contributed by atoms with Gasteiger partial charge in [0, 0.05) is 21.5 Å². The number of benzene rings is 1. The van der Waals surface area contributed by atoms with E-state index in [0.29, 0.717) is 12.5 Å². The topological polar surface area (TPSA) is 46.2 Å². The average molecular weight is 319 g/mol. The molecule has 0 heterocycles. The number of halogens is 2. The van der Waals surface area contributed by atoms with E-state index >= 15 is 0 Å². The van der Waals surface area contributed by atoms with Gasteiger partial charge in [-0.25, -0.2) is 0 Å². The molecule has 1 aliphatic rings. The molecule has 0 spiro atoms. The second-order valence-electron chi connectivity index (χ2n) is 4.91. The van der Waals surface area contributed by atoms with E-state index in [1.54, 1.807) is 0 Å². The van der Waals surface area contributed by atoms with Gasteiger partial charge < -0.3 is 10.8 Å². The Bertz CT molecular complexity index is 402. The second-order valence-corrected chi connectivity index (χ2v) is 6.23. The Kier molecular flexibility index (Phi) is 4.14. The summed E-state index contributed by atoms with van der Waals surface area (Å²) >= 11 is 9.61. The SMILES string of the molecule is NCC(CO)(Cc1ccc(Br)cc1Cl)C1CC1. The molecule has 0 radical (unpaired) electrons. The summed E-state index contributed by atoms with van der Waals surface area (Å²) in [5.74, 6) is 0.553. The second kappa shape index (κ2) is 5.27. The van der Waals surface area contributed by atoms with Crippen molar-refractivity contribution in [2.45, 2.75) is 19.3 Å². The number of hydrogen-bond acceptors (Lipinski definition) is 2. The van der Waals surface area contributed by atoms with Gasteiger partial charge in [-0.1, -0.05) is 33.6 Å². The average Bonchev–Trinajstić information content (AvgIpc) is 3.13. The Morgan fingerprint density at radius 3 is 2.65 bits per heavy atom. The molecule has 3 N–H and O–H groups in total. The fourth-order valence-electron chi connectivity index (χ4n) is 2.37. The van der Waals surface area contributed by atoms with Crippen molar-refractivity contribution < 1.29 is 5.11 Å². The van der Waals surface area contributed by atoms with Crippen LogP contribution in [0.4, 0.5) is 0 Å². The molecule has 1 saturated carbocycles. The third-order valence-electron chi connectivity index (χ3n) is 3.72. The van der Waals surface area contributed by atoms with Crippen molar-refractivity contribution in [2.24, 2.45) is 17.1 Å². The highest BCUT2D eigenvalue weighted by molar-refractivity contribution is 9.10. The molecule has 4 heteroatoms. The van der Waals surface area contributed by atoms with Gasteiger partial charge in [-0.05, 0) is 42.9 Å². The van der Waals surface area contributed by atoms with Gasteiger partial charge in [0.05, 0.1) is 6.61 Å². The highest BCUT2D eigenvalue weighted by Crippen LogP contribution is 2.47. The Labute approximate surface area is 115 Å². The molecule has 1 unspecified atom stereocenters. The van der Waals surface area contributed by atoms with E-state index in [0.717, 1.165) is 21.5 Å². The lowest BCUT2D eigenvalue weighted by Crippen LogP contribution is -2.38. The van der Waals surface area contributed by atoms with Crippen molar-refractivity contribution in [3.05, 3.63) is 33.3 Å². The van der Waals surface area contributed by atoms with Crippen LogP contribution >= 0.6 is 27.5 Å². The highest BCUT2D eigenvalue weighted by atomic mass is 79.9. The summed E-state index contributed by atoms with van der Waals surface area (Å²) in [7, 11) is 0. The summed E-state index contributed by atoms with van der Waals surface area (Å²) in [4.78, 5) is 0. The first-order valence-electron chi connectivity index (χ1n) is 5.86. The summed E-state index contributed by atoms with van der Waals surface area (Å²) in [5.41, 5.74) is 6.76. The van der Waals surface area contributed by atoms with Crippen LogP contribution in [0.3, 0.4) is 0 Å². The van der Waals surface area contributed by atoms with Crippen molar-refractivity contribution in [1.82, 2.24) is 0 Å². The summed E-state index contributed by atoms with van der Waals surface area (Å²) in [6.45, 7) is 0.654. The van der Waals surface area contributed by atoms with Crippen LogP contribution in [0.25, 0.3) is 0 Å². The van der Waals surface area contributed by atoms with Crippen LogP contribution in [0.1, 0.15) is 18.4 Å². The van der Waals surface area contributed by atoms with Crippen molar-refractivity contribution in [1.29, 1.82) is 0 Å². The number of aliphatic hydroxyl groups is 1. The van der Waals surface area contributed by atoms with Crippen molar-refractivity contribution >= 4 is 27.5 Å². The molecule has 2 rings (SSSR count). The van der Waals surface area contributed by atoms with Crippen LogP contribution in [0.5, 0.6) is 0 Å². The molecular weight excluding hydrogens is 302 g/mol. The minimum absolute atomic E-state index is 0.139. The predicted molar refractivity (Wildman–Crippen MR) is 74.2 cm³/mol. The molecule has 94 valence electrons. The first-order valence-corrected chi connectivity index (χ1v) is 7.03. The van der Waals surface area contributed by atoms with Gasteiger partial charge in [0.15, 0.2) is 0 Å². The summed E-state index contributed by atoms with van der Waals surface area (Å²) in [6, 6.07) is 5.88. The molecule has 1 aromatic rings.